The first-order chi connectivity index (χ1) is 8.69. The van der Waals surface area contributed by atoms with Gasteiger partial charge in [-0.1, -0.05) is 0 Å². The van der Waals surface area contributed by atoms with Crippen molar-refractivity contribution >= 4 is 23.5 Å². The van der Waals surface area contributed by atoms with E-state index in [0.717, 1.165) is 0 Å². The second-order valence-electron chi connectivity index (χ2n) is 3.43. The number of ether oxygens (including phenoxy) is 3. The molecule has 0 fully saturated rings. The highest BCUT2D eigenvalue weighted by Gasteiger charge is 2.27. The Hall–Kier alpha value is -1.69. The maximum atomic E-state index is 11.9. The average molecular weight is 268 g/mol. The number of carbonyl (C=O) groups is 2. The summed E-state index contributed by atoms with van der Waals surface area (Å²) in [5, 5.41) is 0. The third kappa shape index (κ3) is 2.15. The number of ketones is 1. The minimum Gasteiger partial charge on any atom is -0.460 e. The van der Waals surface area contributed by atoms with Gasteiger partial charge in [-0.3, -0.25) is 4.79 Å². The summed E-state index contributed by atoms with van der Waals surface area (Å²) < 4.78 is 15.2. The molecule has 96 valence electrons. The van der Waals surface area contributed by atoms with Gasteiger partial charge in [0.2, 0.25) is 6.79 Å². The van der Waals surface area contributed by atoms with Gasteiger partial charge in [0.1, 0.15) is 0 Å². The number of benzene rings is 1. The summed E-state index contributed by atoms with van der Waals surface area (Å²) in [6.45, 7) is 1.95. The molecule has 0 aliphatic carbocycles. The molecule has 6 heteroatoms. The lowest BCUT2D eigenvalue weighted by Gasteiger charge is -2.08. The van der Waals surface area contributed by atoms with Gasteiger partial charge in [0, 0.05) is 5.56 Å². The second-order valence-corrected chi connectivity index (χ2v) is 4.25. The molecule has 0 amide bonds. The predicted octanol–water partition coefficient (Wildman–Crippen LogP) is 1.88. The van der Waals surface area contributed by atoms with Crippen LogP contribution < -0.4 is 9.47 Å². The summed E-state index contributed by atoms with van der Waals surface area (Å²) in [5.41, 5.74) is 0.283. The molecule has 0 radical (unpaired) electrons. The van der Waals surface area contributed by atoms with E-state index in [2.05, 4.69) is 0 Å². The van der Waals surface area contributed by atoms with Crippen LogP contribution in [0, 0.1) is 0 Å². The minimum absolute atomic E-state index is 0.125. The number of hydrogen-bond donors (Lipinski definition) is 0. The largest absolute Gasteiger partial charge is 0.460 e. The number of hydrogen-bond acceptors (Lipinski definition) is 6. The van der Waals surface area contributed by atoms with E-state index in [9.17, 15) is 9.59 Å². The van der Waals surface area contributed by atoms with E-state index < -0.39 is 11.8 Å². The van der Waals surface area contributed by atoms with Gasteiger partial charge < -0.3 is 14.2 Å². The van der Waals surface area contributed by atoms with E-state index in [4.69, 9.17) is 14.2 Å². The Morgan fingerprint density at radius 2 is 2.17 bits per heavy atom. The number of rotatable bonds is 4. The number of esters is 1. The maximum absolute atomic E-state index is 11.9. The molecule has 2 rings (SSSR count). The first-order valence-corrected chi connectivity index (χ1v) is 6.59. The molecule has 0 N–H and O–H groups in total. The molecule has 0 bridgehead atoms. The highest BCUT2D eigenvalue weighted by molar-refractivity contribution is 7.98. The van der Waals surface area contributed by atoms with Crippen molar-refractivity contribution < 1.29 is 23.8 Å². The van der Waals surface area contributed by atoms with E-state index in [-0.39, 0.29) is 19.0 Å². The quantitative estimate of drug-likeness (QED) is 0.359. The Morgan fingerprint density at radius 1 is 1.39 bits per heavy atom. The number of Topliss-reactive ketones (excluding diaryl/α,β-unsaturated/α-hetero) is 1. The zero-order valence-electron chi connectivity index (χ0n) is 10.0. The van der Waals surface area contributed by atoms with Gasteiger partial charge >= 0.3 is 5.97 Å². The van der Waals surface area contributed by atoms with Crippen molar-refractivity contribution in [3.63, 3.8) is 0 Å². The zero-order chi connectivity index (χ0) is 13.1. The van der Waals surface area contributed by atoms with Crippen molar-refractivity contribution in [2.75, 3.05) is 19.7 Å². The third-order valence-electron chi connectivity index (χ3n) is 2.40. The molecule has 0 aromatic heterocycles. The summed E-state index contributed by atoms with van der Waals surface area (Å²) in [6, 6.07) is 3.17. The fourth-order valence-corrected chi connectivity index (χ4v) is 2.36. The van der Waals surface area contributed by atoms with Gasteiger partial charge in [-0.25, -0.2) is 4.79 Å². The zero-order valence-corrected chi connectivity index (χ0v) is 10.8. The Labute approximate surface area is 108 Å². The fourth-order valence-electron chi connectivity index (χ4n) is 1.63. The molecule has 0 atom stereocenters. The van der Waals surface area contributed by atoms with E-state index >= 15 is 0 Å². The van der Waals surface area contributed by atoms with Crippen LogP contribution in [0.25, 0.3) is 0 Å². The monoisotopic (exact) mass is 268 g/mol. The summed E-state index contributed by atoms with van der Waals surface area (Å²) in [4.78, 5) is 24.0. The number of thioether (sulfide) groups is 1. The van der Waals surface area contributed by atoms with Gasteiger partial charge in [0.25, 0.3) is 5.78 Å². The average Bonchev–Trinajstić information content (AvgIpc) is 2.85. The highest BCUT2D eigenvalue weighted by atomic mass is 32.2. The molecule has 1 aliphatic heterocycles. The van der Waals surface area contributed by atoms with Crippen LogP contribution in [0.2, 0.25) is 0 Å². The highest BCUT2D eigenvalue weighted by Crippen LogP contribution is 2.42. The Bertz CT molecular complexity index is 497. The lowest BCUT2D eigenvalue weighted by molar-refractivity contribution is -0.137. The van der Waals surface area contributed by atoms with E-state index in [0.29, 0.717) is 16.4 Å². The van der Waals surface area contributed by atoms with Crippen molar-refractivity contribution in [2.45, 2.75) is 11.8 Å². The first kappa shape index (κ1) is 12.8. The fraction of sp³-hybridized carbons (Fsp3) is 0.333. The lowest BCUT2D eigenvalue weighted by Crippen LogP contribution is -2.18. The molecule has 0 saturated carbocycles. The van der Waals surface area contributed by atoms with Gasteiger partial charge in [-0.05, 0) is 25.3 Å². The van der Waals surface area contributed by atoms with Crippen LogP contribution in [0.1, 0.15) is 17.3 Å². The molecular formula is C12H12O5S. The third-order valence-corrected chi connectivity index (χ3v) is 3.22. The van der Waals surface area contributed by atoms with Crippen LogP contribution in [-0.4, -0.2) is 31.4 Å². The molecular weight excluding hydrogens is 256 g/mol. The minimum atomic E-state index is -0.855. The Kier molecular flexibility index (Phi) is 3.76. The van der Waals surface area contributed by atoms with Crippen molar-refractivity contribution in [1.29, 1.82) is 0 Å². The Morgan fingerprint density at radius 3 is 2.83 bits per heavy atom. The summed E-state index contributed by atoms with van der Waals surface area (Å²) in [6.07, 6.45) is 1.80. The van der Waals surface area contributed by atoms with Crippen LogP contribution in [-0.2, 0) is 9.53 Å². The summed E-state index contributed by atoms with van der Waals surface area (Å²) in [5.74, 6) is -0.427. The first-order valence-electron chi connectivity index (χ1n) is 5.37. The van der Waals surface area contributed by atoms with Crippen molar-refractivity contribution in [1.82, 2.24) is 0 Å². The standard InChI is InChI=1S/C12H12O5S/c1-3-15-12(14)9(13)7-4-5-8-10(11(7)18-2)17-6-16-8/h4-5H,3,6H2,1-2H3. The molecule has 1 aromatic carbocycles. The van der Waals surface area contributed by atoms with Crippen LogP contribution in [0.15, 0.2) is 17.0 Å². The van der Waals surface area contributed by atoms with Gasteiger partial charge in [0.05, 0.1) is 11.5 Å². The van der Waals surface area contributed by atoms with Crippen LogP contribution in [0.5, 0.6) is 11.5 Å². The normalized spacial score (nSPS) is 12.3. The van der Waals surface area contributed by atoms with Crippen molar-refractivity contribution in [2.24, 2.45) is 0 Å². The van der Waals surface area contributed by atoms with Crippen LogP contribution in [0.3, 0.4) is 0 Å². The SMILES string of the molecule is CCOC(=O)C(=O)c1ccc2c(c1SC)OCO2. The van der Waals surface area contributed by atoms with E-state index in [1.165, 1.54) is 11.8 Å². The van der Waals surface area contributed by atoms with Crippen molar-refractivity contribution in [3.8, 4) is 11.5 Å². The summed E-state index contributed by atoms with van der Waals surface area (Å²) in [7, 11) is 0. The maximum Gasteiger partial charge on any atom is 0.379 e. The topological polar surface area (TPSA) is 61.8 Å². The van der Waals surface area contributed by atoms with E-state index in [1.807, 2.05) is 0 Å². The number of carbonyl (C=O) groups excluding carboxylic acids is 2. The van der Waals surface area contributed by atoms with Crippen molar-refractivity contribution in [3.05, 3.63) is 17.7 Å². The summed E-state index contributed by atoms with van der Waals surface area (Å²) >= 11 is 1.33. The van der Waals surface area contributed by atoms with Crippen LogP contribution >= 0.6 is 11.8 Å². The van der Waals surface area contributed by atoms with Gasteiger partial charge in [-0.2, -0.15) is 0 Å². The second kappa shape index (κ2) is 5.30. The lowest BCUT2D eigenvalue weighted by atomic mass is 10.1. The smallest absolute Gasteiger partial charge is 0.379 e. The van der Waals surface area contributed by atoms with Crippen LogP contribution in [0.4, 0.5) is 0 Å². The molecule has 0 spiro atoms. The predicted molar refractivity (Wildman–Crippen MR) is 65.3 cm³/mol. The van der Waals surface area contributed by atoms with Gasteiger partial charge in [0.15, 0.2) is 11.5 Å². The molecule has 1 heterocycles. The molecule has 5 nitrogen and oxygen atoms in total. The van der Waals surface area contributed by atoms with E-state index in [1.54, 1.807) is 25.3 Å². The number of fused-ring (bicyclic) bond motifs is 1. The Balaban J connectivity index is 2.39. The van der Waals surface area contributed by atoms with Gasteiger partial charge in [-0.15, -0.1) is 11.8 Å². The molecule has 1 aromatic rings. The molecule has 0 unspecified atom stereocenters. The molecule has 0 saturated heterocycles. The molecule has 1 aliphatic rings. The molecule has 18 heavy (non-hydrogen) atoms.